The SMILES string of the molecule is CC[C@H](C(=O)N[C@H](CC)c1ccc(OC)c(C)c1)N(c1cc([N+](=O)[O-])ccc1OC)S(C)(=O)=O. The highest BCUT2D eigenvalue weighted by Gasteiger charge is 2.35. The van der Waals surface area contributed by atoms with Crippen molar-refractivity contribution in [2.45, 2.75) is 45.7 Å². The number of ether oxygens (including phenoxy) is 2. The smallest absolute Gasteiger partial charge is 0.271 e. The third-order valence-corrected chi connectivity index (χ3v) is 6.65. The number of carbonyl (C=O) groups is 1. The number of amides is 1. The molecule has 0 radical (unpaired) electrons. The summed E-state index contributed by atoms with van der Waals surface area (Å²) < 4.78 is 37.1. The first-order valence-electron chi connectivity index (χ1n) is 10.7. The summed E-state index contributed by atoms with van der Waals surface area (Å²) in [5.41, 5.74) is 1.36. The van der Waals surface area contributed by atoms with Crippen LogP contribution in [0.15, 0.2) is 36.4 Å². The molecule has 2 rings (SSSR count). The van der Waals surface area contributed by atoms with E-state index in [0.717, 1.165) is 33.5 Å². The summed E-state index contributed by atoms with van der Waals surface area (Å²) in [6.07, 6.45) is 1.64. The van der Waals surface area contributed by atoms with Gasteiger partial charge < -0.3 is 14.8 Å². The summed E-state index contributed by atoms with van der Waals surface area (Å²) in [7, 11) is -1.12. The molecular weight excluding hydrogens is 462 g/mol. The molecule has 0 aliphatic heterocycles. The van der Waals surface area contributed by atoms with Gasteiger partial charge in [-0.3, -0.25) is 19.2 Å². The lowest BCUT2D eigenvalue weighted by Crippen LogP contribution is -2.50. The van der Waals surface area contributed by atoms with Gasteiger partial charge in [-0.05, 0) is 43.0 Å². The van der Waals surface area contributed by atoms with Crippen LogP contribution in [0.4, 0.5) is 11.4 Å². The molecule has 0 saturated heterocycles. The Hall–Kier alpha value is -3.34. The summed E-state index contributed by atoms with van der Waals surface area (Å²) in [4.78, 5) is 24.1. The minimum absolute atomic E-state index is 0.0745. The fourth-order valence-electron chi connectivity index (χ4n) is 3.81. The number of non-ortho nitro benzene ring substituents is 1. The van der Waals surface area contributed by atoms with Crippen LogP contribution in [0.3, 0.4) is 0 Å². The van der Waals surface area contributed by atoms with E-state index in [1.54, 1.807) is 14.0 Å². The zero-order valence-electron chi connectivity index (χ0n) is 20.2. The van der Waals surface area contributed by atoms with Crippen LogP contribution in [0.5, 0.6) is 11.5 Å². The molecule has 0 bridgehead atoms. The molecule has 186 valence electrons. The van der Waals surface area contributed by atoms with E-state index in [1.807, 2.05) is 32.0 Å². The number of aryl methyl sites for hydroxylation is 1. The standard InChI is InChI=1S/C23H31N3O7S/c1-7-18(16-9-11-21(32-4)15(3)13-16)24-23(27)19(8-2)25(34(6,30)31)20-14-17(26(28)29)10-12-22(20)33-5/h9-14,18-19H,7-8H2,1-6H3,(H,24,27)/t18-,19-/m1/s1. The molecule has 0 fully saturated rings. The van der Waals surface area contributed by atoms with Crippen molar-refractivity contribution >= 4 is 27.3 Å². The maximum Gasteiger partial charge on any atom is 0.271 e. The number of hydrogen-bond acceptors (Lipinski definition) is 7. The first-order chi connectivity index (χ1) is 16.0. The van der Waals surface area contributed by atoms with Crippen LogP contribution in [0.25, 0.3) is 0 Å². The molecule has 10 nitrogen and oxygen atoms in total. The van der Waals surface area contributed by atoms with Crippen LogP contribution in [-0.4, -0.2) is 45.8 Å². The molecule has 2 atom stereocenters. The van der Waals surface area contributed by atoms with Crippen LogP contribution in [0, 0.1) is 17.0 Å². The molecule has 0 unspecified atom stereocenters. The van der Waals surface area contributed by atoms with Gasteiger partial charge in [0.1, 0.15) is 23.2 Å². The third kappa shape index (κ3) is 5.96. The lowest BCUT2D eigenvalue weighted by molar-refractivity contribution is -0.384. The second-order valence-corrected chi connectivity index (χ2v) is 9.65. The van der Waals surface area contributed by atoms with Crippen LogP contribution < -0.4 is 19.1 Å². The lowest BCUT2D eigenvalue weighted by atomic mass is 10.0. The molecule has 2 aromatic carbocycles. The maximum absolute atomic E-state index is 13.4. The molecular formula is C23H31N3O7S. The average Bonchev–Trinajstić information content (AvgIpc) is 2.79. The van der Waals surface area contributed by atoms with Crippen molar-refractivity contribution in [1.29, 1.82) is 0 Å². The van der Waals surface area contributed by atoms with Crippen LogP contribution in [0.2, 0.25) is 0 Å². The minimum atomic E-state index is -4.02. The number of rotatable bonds is 11. The van der Waals surface area contributed by atoms with Gasteiger partial charge in [0.25, 0.3) is 5.69 Å². The molecule has 0 heterocycles. The van der Waals surface area contributed by atoms with E-state index in [0.29, 0.717) is 6.42 Å². The molecule has 2 aromatic rings. The van der Waals surface area contributed by atoms with E-state index in [9.17, 15) is 23.3 Å². The highest BCUT2D eigenvalue weighted by molar-refractivity contribution is 7.92. The van der Waals surface area contributed by atoms with Gasteiger partial charge in [0.05, 0.1) is 31.4 Å². The number of nitro benzene ring substituents is 1. The molecule has 0 saturated carbocycles. The van der Waals surface area contributed by atoms with Crippen molar-refractivity contribution < 1.29 is 27.6 Å². The number of carbonyl (C=O) groups excluding carboxylic acids is 1. The quantitative estimate of drug-likeness (QED) is 0.373. The van der Waals surface area contributed by atoms with E-state index in [-0.39, 0.29) is 29.6 Å². The Bertz CT molecular complexity index is 1150. The third-order valence-electron chi connectivity index (χ3n) is 5.49. The Kier molecular flexibility index (Phi) is 8.86. The Balaban J connectivity index is 2.50. The summed E-state index contributed by atoms with van der Waals surface area (Å²) in [6, 6.07) is 7.66. The number of nitro groups is 1. The number of methoxy groups -OCH3 is 2. The number of nitrogens with one attached hydrogen (secondary N) is 1. The maximum atomic E-state index is 13.4. The largest absolute Gasteiger partial charge is 0.496 e. The summed E-state index contributed by atoms with van der Waals surface area (Å²) in [6.45, 7) is 5.47. The van der Waals surface area contributed by atoms with Gasteiger partial charge in [0.2, 0.25) is 15.9 Å². The first-order valence-corrected chi connectivity index (χ1v) is 12.6. The highest BCUT2D eigenvalue weighted by Crippen LogP contribution is 2.36. The predicted molar refractivity (Wildman–Crippen MR) is 130 cm³/mol. The number of nitrogens with zero attached hydrogens (tertiary/aromatic N) is 2. The van der Waals surface area contributed by atoms with Gasteiger partial charge in [0.15, 0.2) is 0 Å². The number of benzene rings is 2. The van der Waals surface area contributed by atoms with Gasteiger partial charge >= 0.3 is 0 Å². The first kappa shape index (κ1) is 26.9. The van der Waals surface area contributed by atoms with Crippen molar-refractivity contribution in [2.75, 3.05) is 24.8 Å². The minimum Gasteiger partial charge on any atom is -0.496 e. The number of anilines is 1. The second-order valence-electron chi connectivity index (χ2n) is 7.79. The molecule has 1 amide bonds. The normalized spacial score (nSPS) is 13.0. The molecule has 34 heavy (non-hydrogen) atoms. The van der Waals surface area contributed by atoms with E-state index < -0.39 is 26.9 Å². The van der Waals surface area contributed by atoms with Crippen molar-refractivity contribution in [3.8, 4) is 11.5 Å². The fourth-order valence-corrected chi connectivity index (χ4v) is 5.01. The monoisotopic (exact) mass is 493 g/mol. The zero-order chi connectivity index (χ0) is 25.6. The van der Waals surface area contributed by atoms with Gasteiger partial charge in [-0.15, -0.1) is 0 Å². The van der Waals surface area contributed by atoms with Crippen molar-refractivity contribution in [3.05, 3.63) is 57.6 Å². The highest BCUT2D eigenvalue weighted by atomic mass is 32.2. The Morgan fingerprint density at radius 3 is 2.18 bits per heavy atom. The number of sulfonamides is 1. The molecule has 0 aromatic heterocycles. The van der Waals surface area contributed by atoms with Crippen LogP contribution in [0.1, 0.15) is 43.9 Å². The molecule has 11 heteroatoms. The second kappa shape index (κ2) is 11.2. The van der Waals surface area contributed by atoms with Crippen molar-refractivity contribution in [3.63, 3.8) is 0 Å². The number of hydrogen-bond donors (Lipinski definition) is 1. The van der Waals surface area contributed by atoms with Gasteiger partial charge in [-0.25, -0.2) is 8.42 Å². The van der Waals surface area contributed by atoms with Crippen LogP contribution >= 0.6 is 0 Å². The molecule has 0 spiro atoms. The Morgan fingerprint density at radius 1 is 1.09 bits per heavy atom. The van der Waals surface area contributed by atoms with E-state index in [4.69, 9.17) is 9.47 Å². The molecule has 0 aliphatic carbocycles. The Labute approximate surface area is 200 Å². The molecule has 1 N–H and O–H groups in total. The average molecular weight is 494 g/mol. The predicted octanol–water partition coefficient (Wildman–Crippen LogP) is 3.73. The summed E-state index contributed by atoms with van der Waals surface area (Å²) in [5.74, 6) is 0.291. The van der Waals surface area contributed by atoms with Gasteiger partial charge in [-0.2, -0.15) is 0 Å². The lowest BCUT2D eigenvalue weighted by Gasteiger charge is -2.32. The van der Waals surface area contributed by atoms with E-state index in [2.05, 4.69) is 5.32 Å². The van der Waals surface area contributed by atoms with E-state index >= 15 is 0 Å². The Morgan fingerprint density at radius 2 is 1.71 bits per heavy atom. The van der Waals surface area contributed by atoms with Crippen molar-refractivity contribution in [1.82, 2.24) is 5.32 Å². The van der Waals surface area contributed by atoms with Gasteiger partial charge in [0, 0.05) is 12.1 Å². The zero-order valence-corrected chi connectivity index (χ0v) is 21.0. The van der Waals surface area contributed by atoms with Gasteiger partial charge in [-0.1, -0.05) is 26.0 Å². The fraction of sp³-hybridized carbons (Fsp3) is 0.435. The summed E-state index contributed by atoms with van der Waals surface area (Å²) >= 11 is 0. The van der Waals surface area contributed by atoms with Crippen molar-refractivity contribution in [2.24, 2.45) is 0 Å². The van der Waals surface area contributed by atoms with Crippen LogP contribution in [-0.2, 0) is 14.8 Å². The van der Waals surface area contributed by atoms with E-state index in [1.165, 1.54) is 19.2 Å². The topological polar surface area (TPSA) is 128 Å². The summed E-state index contributed by atoms with van der Waals surface area (Å²) in [5, 5.41) is 14.3. The molecule has 0 aliphatic rings.